The van der Waals surface area contributed by atoms with Crippen molar-refractivity contribution < 1.29 is 5.11 Å². The van der Waals surface area contributed by atoms with E-state index in [1.165, 1.54) is 0 Å². The van der Waals surface area contributed by atoms with Crippen LogP contribution in [0.3, 0.4) is 0 Å². The van der Waals surface area contributed by atoms with Gasteiger partial charge in [0, 0.05) is 29.2 Å². The van der Waals surface area contributed by atoms with E-state index in [-0.39, 0.29) is 0 Å². The van der Waals surface area contributed by atoms with Crippen LogP contribution in [0, 0.1) is 0 Å². The fraction of sp³-hybridized carbons (Fsp3) is 0.350. The van der Waals surface area contributed by atoms with Gasteiger partial charge in [-0.05, 0) is 37.4 Å². The molecular formula is C20H24ClN3O. The van der Waals surface area contributed by atoms with Crippen molar-refractivity contribution in [3.63, 3.8) is 0 Å². The molecule has 132 valence electrons. The van der Waals surface area contributed by atoms with Crippen LogP contribution in [0.1, 0.15) is 31.2 Å². The van der Waals surface area contributed by atoms with Crippen molar-refractivity contribution in [3.05, 3.63) is 64.7 Å². The third-order valence-electron chi connectivity index (χ3n) is 4.66. The largest absolute Gasteiger partial charge is 0.369 e. The number of aliphatic hydroxyl groups is 1. The van der Waals surface area contributed by atoms with E-state index in [0.29, 0.717) is 5.02 Å². The molecule has 1 aliphatic heterocycles. The molecule has 1 heterocycles. The number of nitrogens with zero attached hydrogens (tertiary/aromatic N) is 3. The number of aliphatic imine (C=N–C) groups is 1. The molecule has 4 nitrogen and oxygen atoms in total. The fourth-order valence-electron chi connectivity index (χ4n) is 3.14. The smallest absolute Gasteiger partial charge is 0.155 e. The summed E-state index contributed by atoms with van der Waals surface area (Å²) in [5.74, 6) is 0.817. The minimum Gasteiger partial charge on any atom is -0.369 e. The maximum atomic E-state index is 10.8. The quantitative estimate of drug-likeness (QED) is 0.847. The molecule has 3 rings (SSSR count). The molecule has 0 saturated heterocycles. The molecule has 0 saturated carbocycles. The predicted molar refractivity (Wildman–Crippen MR) is 104 cm³/mol. The monoisotopic (exact) mass is 357 g/mol. The Morgan fingerprint density at radius 2 is 1.76 bits per heavy atom. The maximum absolute atomic E-state index is 10.8. The van der Waals surface area contributed by atoms with Crippen molar-refractivity contribution in [1.82, 2.24) is 9.80 Å². The minimum absolute atomic E-state index is 0.655. The first-order valence-corrected chi connectivity index (χ1v) is 9.12. The molecule has 0 bridgehead atoms. The van der Waals surface area contributed by atoms with Crippen molar-refractivity contribution in [1.29, 1.82) is 0 Å². The average Bonchev–Trinajstić information content (AvgIpc) is 2.90. The number of benzene rings is 2. The van der Waals surface area contributed by atoms with E-state index in [9.17, 15) is 5.11 Å². The van der Waals surface area contributed by atoms with E-state index in [0.717, 1.165) is 48.8 Å². The number of hydrogen-bond donors (Lipinski definition) is 1. The summed E-state index contributed by atoms with van der Waals surface area (Å²) >= 11 is 5.97. The second-order valence-electron chi connectivity index (χ2n) is 6.09. The molecule has 5 heteroatoms. The van der Waals surface area contributed by atoms with Gasteiger partial charge in [-0.15, -0.1) is 0 Å². The molecule has 0 spiro atoms. The third-order valence-corrected chi connectivity index (χ3v) is 4.91. The Morgan fingerprint density at radius 3 is 2.44 bits per heavy atom. The summed E-state index contributed by atoms with van der Waals surface area (Å²) in [6.07, 6.45) is -0.655. The zero-order valence-electron chi connectivity index (χ0n) is 14.7. The van der Waals surface area contributed by atoms with E-state index in [1.807, 2.05) is 53.4 Å². The van der Waals surface area contributed by atoms with Crippen molar-refractivity contribution >= 4 is 23.1 Å². The zero-order chi connectivity index (χ0) is 17.8. The van der Waals surface area contributed by atoms with Gasteiger partial charge in [-0.3, -0.25) is 0 Å². The van der Waals surface area contributed by atoms with Gasteiger partial charge in [-0.1, -0.05) is 49.7 Å². The SMILES string of the molecule is CCN(CC)CCN1C(=Nc2ccc(Cl)cc2)c2ccccc2C1O. The van der Waals surface area contributed by atoms with E-state index >= 15 is 0 Å². The van der Waals surface area contributed by atoms with Crippen molar-refractivity contribution in [3.8, 4) is 0 Å². The predicted octanol–water partition coefficient (Wildman–Crippen LogP) is 4.07. The van der Waals surface area contributed by atoms with Crippen LogP contribution in [0.25, 0.3) is 0 Å². The molecule has 25 heavy (non-hydrogen) atoms. The standard InChI is InChI=1S/C20H24ClN3O/c1-3-23(4-2)13-14-24-19(22-16-11-9-15(21)10-12-16)17-7-5-6-8-18(17)20(24)25/h5-12,20,25H,3-4,13-14H2,1-2H3. The Bertz CT molecular complexity index is 741. The van der Waals surface area contributed by atoms with E-state index in [2.05, 4.69) is 18.7 Å². The Kier molecular flexibility index (Phi) is 5.74. The van der Waals surface area contributed by atoms with Crippen LogP contribution in [0.2, 0.25) is 5.02 Å². The molecule has 1 atom stereocenters. The van der Waals surface area contributed by atoms with Gasteiger partial charge in [0.2, 0.25) is 0 Å². The number of hydrogen-bond acceptors (Lipinski definition) is 3. The summed E-state index contributed by atoms with van der Waals surface area (Å²) in [7, 11) is 0. The van der Waals surface area contributed by atoms with Crippen LogP contribution in [0.5, 0.6) is 0 Å². The molecule has 0 radical (unpaired) electrons. The normalized spacial score (nSPS) is 18.2. The van der Waals surface area contributed by atoms with E-state index in [4.69, 9.17) is 16.6 Å². The molecule has 1 N–H and O–H groups in total. The highest BCUT2D eigenvalue weighted by atomic mass is 35.5. The number of amidine groups is 1. The molecule has 2 aromatic rings. The first kappa shape index (κ1) is 17.9. The van der Waals surface area contributed by atoms with Gasteiger partial charge in [0.25, 0.3) is 0 Å². The average molecular weight is 358 g/mol. The van der Waals surface area contributed by atoms with Gasteiger partial charge < -0.3 is 14.9 Å². The lowest BCUT2D eigenvalue weighted by Crippen LogP contribution is -2.37. The number of aliphatic hydroxyl groups excluding tert-OH is 1. The molecular weight excluding hydrogens is 334 g/mol. The number of likely N-dealkylation sites (N-methyl/N-ethyl adjacent to an activating group) is 1. The molecule has 0 fully saturated rings. The van der Waals surface area contributed by atoms with E-state index in [1.54, 1.807) is 0 Å². The summed E-state index contributed by atoms with van der Waals surface area (Å²) < 4.78 is 0. The third kappa shape index (κ3) is 3.87. The Hall–Kier alpha value is -1.88. The Labute approximate surface area is 154 Å². The zero-order valence-corrected chi connectivity index (χ0v) is 15.4. The van der Waals surface area contributed by atoms with E-state index < -0.39 is 6.23 Å². The summed E-state index contributed by atoms with van der Waals surface area (Å²) in [4.78, 5) is 9.13. The highest BCUT2D eigenvalue weighted by Gasteiger charge is 2.33. The Morgan fingerprint density at radius 1 is 1.08 bits per heavy atom. The van der Waals surface area contributed by atoms with Crippen LogP contribution in [-0.4, -0.2) is 46.9 Å². The van der Waals surface area contributed by atoms with Gasteiger partial charge in [0.05, 0.1) is 5.69 Å². The lowest BCUT2D eigenvalue weighted by molar-refractivity contribution is 0.0555. The van der Waals surface area contributed by atoms with Gasteiger partial charge >= 0.3 is 0 Å². The molecule has 2 aromatic carbocycles. The van der Waals surface area contributed by atoms with Gasteiger partial charge in [-0.25, -0.2) is 4.99 Å². The van der Waals surface area contributed by atoms with Gasteiger partial charge in [-0.2, -0.15) is 0 Å². The molecule has 0 aliphatic carbocycles. The summed E-state index contributed by atoms with van der Waals surface area (Å²) in [5, 5.41) is 11.5. The van der Waals surface area contributed by atoms with Crippen LogP contribution >= 0.6 is 11.6 Å². The van der Waals surface area contributed by atoms with Gasteiger partial charge in [0.15, 0.2) is 6.23 Å². The lowest BCUT2D eigenvalue weighted by Gasteiger charge is -2.27. The Balaban J connectivity index is 1.93. The minimum atomic E-state index is -0.655. The van der Waals surface area contributed by atoms with Crippen LogP contribution < -0.4 is 0 Å². The van der Waals surface area contributed by atoms with Crippen molar-refractivity contribution in [2.24, 2.45) is 4.99 Å². The van der Waals surface area contributed by atoms with Crippen LogP contribution in [0.4, 0.5) is 5.69 Å². The fourth-order valence-corrected chi connectivity index (χ4v) is 3.27. The number of fused-ring (bicyclic) bond motifs is 1. The molecule has 1 unspecified atom stereocenters. The lowest BCUT2D eigenvalue weighted by atomic mass is 10.1. The van der Waals surface area contributed by atoms with Gasteiger partial charge in [0.1, 0.15) is 5.84 Å². The summed E-state index contributed by atoms with van der Waals surface area (Å²) in [6.45, 7) is 7.92. The highest BCUT2D eigenvalue weighted by Crippen LogP contribution is 2.33. The molecule has 0 amide bonds. The topological polar surface area (TPSA) is 39.1 Å². The number of halogens is 1. The molecule has 0 aromatic heterocycles. The second-order valence-corrected chi connectivity index (χ2v) is 6.53. The first-order valence-electron chi connectivity index (χ1n) is 8.74. The van der Waals surface area contributed by atoms with Crippen molar-refractivity contribution in [2.75, 3.05) is 26.2 Å². The second kappa shape index (κ2) is 8.00. The molecule has 1 aliphatic rings. The van der Waals surface area contributed by atoms with Crippen molar-refractivity contribution in [2.45, 2.75) is 20.1 Å². The van der Waals surface area contributed by atoms with Crippen LogP contribution in [0.15, 0.2) is 53.5 Å². The maximum Gasteiger partial charge on any atom is 0.155 e. The summed E-state index contributed by atoms with van der Waals surface area (Å²) in [6, 6.07) is 15.4. The number of rotatable bonds is 6. The first-order chi connectivity index (χ1) is 12.1. The summed E-state index contributed by atoms with van der Waals surface area (Å²) in [5.41, 5.74) is 2.73. The van der Waals surface area contributed by atoms with Crippen LogP contribution in [-0.2, 0) is 0 Å². The highest BCUT2D eigenvalue weighted by molar-refractivity contribution is 6.30.